The number of nitrogens with zero attached hydrogens (tertiary/aromatic N) is 1. The highest BCUT2D eigenvalue weighted by Crippen LogP contribution is 2.33. The summed E-state index contributed by atoms with van der Waals surface area (Å²) < 4.78 is 5.02. The first-order valence-electron chi connectivity index (χ1n) is 5.34. The number of likely N-dealkylation sites (N-methyl/N-ethyl adjacent to an activating group) is 1. The van der Waals surface area contributed by atoms with Crippen LogP contribution in [0.4, 0.5) is 0 Å². The van der Waals surface area contributed by atoms with Crippen LogP contribution in [-0.2, 0) is 17.8 Å². The van der Waals surface area contributed by atoms with Crippen molar-refractivity contribution in [2.45, 2.75) is 19.0 Å². The van der Waals surface area contributed by atoms with E-state index in [0.29, 0.717) is 18.7 Å². The fraction of sp³-hybridized carbons (Fsp3) is 0.417. The Kier molecular flexibility index (Phi) is 2.93. The molecule has 1 heterocycles. The fourth-order valence-electron chi connectivity index (χ4n) is 2.17. The Morgan fingerprint density at radius 3 is 2.76 bits per heavy atom. The van der Waals surface area contributed by atoms with Crippen LogP contribution in [0.1, 0.15) is 11.1 Å². The molecule has 17 heavy (non-hydrogen) atoms. The lowest BCUT2D eigenvalue weighted by Crippen LogP contribution is -2.43. The third kappa shape index (κ3) is 2.06. The Hall–Kier alpha value is -1.75. The standard InChI is InChI=1S/C12H15NO4/c1-13-6-8-4-10(14)11(17-2)5-7(8)3-9(13)12(15)16/h4-5,9,14H,3,6H2,1-2H3,(H,15,16). The monoisotopic (exact) mass is 237 g/mol. The summed E-state index contributed by atoms with van der Waals surface area (Å²) in [4.78, 5) is 12.8. The van der Waals surface area contributed by atoms with Crippen molar-refractivity contribution >= 4 is 5.97 Å². The van der Waals surface area contributed by atoms with E-state index < -0.39 is 12.0 Å². The Morgan fingerprint density at radius 2 is 2.18 bits per heavy atom. The van der Waals surface area contributed by atoms with Gasteiger partial charge in [0.25, 0.3) is 0 Å². The van der Waals surface area contributed by atoms with Gasteiger partial charge in [0.1, 0.15) is 6.04 Å². The van der Waals surface area contributed by atoms with E-state index in [1.54, 1.807) is 24.1 Å². The van der Waals surface area contributed by atoms with E-state index in [2.05, 4.69) is 0 Å². The van der Waals surface area contributed by atoms with Crippen molar-refractivity contribution < 1.29 is 19.7 Å². The molecular weight excluding hydrogens is 222 g/mol. The van der Waals surface area contributed by atoms with Crippen LogP contribution in [0.5, 0.6) is 11.5 Å². The minimum atomic E-state index is -0.829. The van der Waals surface area contributed by atoms with Gasteiger partial charge < -0.3 is 14.9 Å². The number of carbonyl (C=O) groups is 1. The number of carboxylic acid groups (broad SMARTS) is 1. The van der Waals surface area contributed by atoms with Crippen LogP contribution in [0.15, 0.2) is 12.1 Å². The quantitative estimate of drug-likeness (QED) is 0.797. The van der Waals surface area contributed by atoms with Gasteiger partial charge in [0.05, 0.1) is 7.11 Å². The molecule has 1 unspecified atom stereocenters. The van der Waals surface area contributed by atoms with E-state index in [1.807, 2.05) is 0 Å². The van der Waals surface area contributed by atoms with Crippen molar-refractivity contribution in [3.05, 3.63) is 23.3 Å². The van der Waals surface area contributed by atoms with Gasteiger partial charge in [-0.2, -0.15) is 0 Å². The smallest absolute Gasteiger partial charge is 0.321 e. The predicted molar refractivity (Wildman–Crippen MR) is 61.3 cm³/mol. The van der Waals surface area contributed by atoms with Crippen molar-refractivity contribution in [3.63, 3.8) is 0 Å². The second kappa shape index (κ2) is 4.25. The molecule has 0 fully saturated rings. The topological polar surface area (TPSA) is 70.0 Å². The van der Waals surface area contributed by atoms with Gasteiger partial charge in [-0.05, 0) is 36.7 Å². The Morgan fingerprint density at radius 1 is 1.47 bits per heavy atom. The molecule has 1 aliphatic rings. The summed E-state index contributed by atoms with van der Waals surface area (Å²) in [5, 5.41) is 18.8. The van der Waals surface area contributed by atoms with E-state index >= 15 is 0 Å². The lowest BCUT2D eigenvalue weighted by atomic mass is 9.94. The summed E-state index contributed by atoms with van der Waals surface area (Å²) >= 11 is 0. The van der Waals surface area contributed by atoms with Crippen molar-refractivity contribution in [1.29, 1.82) is 0 Å². The number of phenols is 1. The van der Waals surface area contributed by atoms with E-state index in [9.17, 15) is 9.90 Å². The van der Waals surface area contributed by atoms with Crippen LogP contribution in [0, 0.1) is 0 Å². The number of phenolic OH excluding ortho intramolecular Hbond substituents is 1. The highest BCUT2D eigenvalue weighted by molar-refractivity contribution is 5.74. The first kappa shape index (κ1) is 11.7. The molecule has 5 heteroatoms. The van der Waals surface area contributed by atoms with Crippen molar-refractivity contribution in [2.24, 2.45) is 0 Å². The molecule has 0 radical (unpaired) electrons. The third-order valence-corrected chi connectivity index (χ3v) is 3.15. The van der Waals surface area contributed by atoms with Crippen molar-refractivity contribution in [3.8, 4) is 11.5 Å². The van der Waals surface area contributed by atoms with Crippen molar-refractivity contribution in [2.75, 3.05) is 14.2 Å². The molecule has 2 N–H and O–H groups in total. The van der Waals surface area contributed by atoms with Crippen molar-refractivity contribution in [1.82, 2.24) is 4.90 Å². The van der Waals surface area contributed by atoms with Gasteiger partial charge in [0.15, 0.2) is 11.5 Å². The number of carboxylic acids is 1. The number of fused-ring (bicyclic) bond motifs is 1. The number of hydrogen-bond donors (Lipinski definition) is 2. The largest absolute Gasteiger partial charge is 0.504 e. The molecular formula is C12H15NO4. The SMILES string of the molecule is COc1cc2c(cc1O)CN(C)C(C(=O)O)C2. The molecule has 5 nitrogen and oxygen atoms in total. The number of aliphatic carboxylic acids is 1. The van der Waals surface area contributed by atoms with E-state index in [1.165, 1.54) is 7.11 Å². The maximum Gasteiger partial charge on any atom is 0.321 e. The zero-order chi connectivity index (χ0) is 12.6. The number of methoxy groups -OCH3 is 1. The van der Waals surface area contributed by atoms with Gasteiger partial charge in [-0.1, -0.05) is 0 Å². The average molecular weight is 237 g/mol. The highest BCUT2D eigenvalue weighted by Gasteiger charge is 2.29. The molecule has 1 aliphatic heterocycles. The number of benzene rings is 1. The van der Waals surface area contributed by atoms with Crippen LogP contribution in [0.2, 0.25) is 0 Å². The Balaban J connectivity index is 2.39. The summed E-state index contributed by atoms with van der Waals surface area (Å²) in [5.41, 5.74) is 1.87. The van der Waals surface area contributed by atoms with Gasteiger partial charge in [0.2, 0.25) is 0 Å². The van der Waals surface area contributed by atoms with E-state index in [0.717, 1.165) is 11.1 Å². The van der Waals surface area contributed by atoms with Crippen LogP contribution in [-0.4, -0.2) is 41.3 Å². The number of ether oxygens (including phenoxy) is 1. The highest BCUT2D eigenvalue weighted by atomic mass is 16.5. The molecule has 1 atom stereocenters. The third-order valence-electron chi connectivity index (χ3n) is 3.15. The summed E-state index contributed by atoms with van der Waals surface area (Å²) in [6.07, 6.45) is 0.428. The maximum atomic E-state index is 11.1. The zero-order valence-electron chi connectivity index (χ0n) is 9.80. The number of hydrogen-bond acceptors (Lipinski definition) is 4. The summed E-state index contributed by atoms with van der Waals surface area (Å²) in [7, 11) is 3.24. The molecule has 1 aromatic rings. The van der Waals surface area contributed by atoms with Gasteiger partial charge in [-0.3, -0.25) is 9.69 Å². The fourth-order valence-corrected chi connectivity index (χ4v) is 2.17. The Labute approximate surface area is 99.2 Å². The number of aromatic hydroxyl groups is 1. The molecule has 0 spiro atoms. The maximum absolute atomic E-state index is 11.1. The number of rotatable bonds is 2. The van der Waals surface area contributed by atoms with Crippen LogP contribution >= 0.6 is 0 Å². The van der Waals surface area contributed by atoms with E-state index in [4.69, 9.17) is 9.84 Å². The first-order chi connectivity index (χ1) is 8.02. The van der Waals surface area contributed by atoms with Gasteiger partial charge in [-0.15, -0.1) is 0 Å². The molecule has 92 valence electrons. The summed E-state index contributed by atoms with van der Waals surface area (Å²) in [6, 6.07) is 2.84. The molecule has 0 aromatic heterocycles. The first-order valence-corrected chi connectivity index (χ1v) is 5.34. The second-order valence-corrected chi connectivity index (χ2v) is 4.27. The van der Waals surface area contributed by atoms with Crippen LogP contribution in [0.25, 0.3) is 0 Å². The lowest BCUT2D eigenvalue weighted by Gasteiger charge is -2.31. The molecule has 2 rings (SSSR count). The average Bonchev–Trinajstić information content (AvgIpc) is 2.27. The zero-order valence-corrected chi connectivity index (χ0v) is 9.80. The van der Waals surface area contributed by atoms with E-state index in [-0.39, 0.29) is 5.75 Å². The Bertz CT molecular complexity index is 458. The molecule has 0 aliphatic carbocycles. The lowest BCUT2D eigenvalue weighted by molar-refractivity contribution is -0.143. The summed E-state index contributed by atoms with van der Waals surface area (Å²) in [5.74, 6) is -0.351. The van der Waals surface area contributed by atoms with Crippen LogP contribution < -0.4 is 4.74 Å². The van der Waals surface area contributed by atoms with Gasteiger partial charge in [-0.25, -0.2) is 0 Å². The second-order valence-electron chi connectivity index (χ2n) is 4.27. The van der Waals surface area contributed by atoms with Gasteiger partial charge in [0, 0.05) is 6.54 Å². The van der Waals surface area contributed by atoms with Gasteiger partial charge >= 0.3 is 5.97 Å². The predicted octanol–water partition coefficient (Wildman–Crippen LogP) is 0.842. The van der Waals surface area contributed by atoms with Crippen LogP contribution in [0.3, 0.4) is 0 Å². The molecule has 0 bridgehead atoms. The normalized spacial score (nSPS) is 19.8. The molecule has 1 aromatic carbocycles. The minimum absolute atomic E-state index is 0.0911. The molecule has 0 saturated carbocycles. The summed E-state index contributed by atoms with van der Waals surface area (Å²) in [6.45, 7) is 0.518. The molecule has 0 saturated heterocycles. The minimum Gasteiger partial charge on any atom is -0.504 e. The molecule has 0 amide bonds.